The molecule has 0 unspecified atom stereocenters. The van der Waals surface area contributed by atoms with Crippen molar-refractivity contribution < 1.29 is 9.72 Å². The van der Waals surface area contributed by atoms with Crippen LogP contribution in [-0.2, 0) is 4.79 Å². The number of unbranched alkanes of at least 4 members (excludes halogenated alkanes) is 1. The Hall–Kier alpha value is -2.13. The van der Waals surface area contributed by atoms with Gasteiger partial charge < -0.3 is 5.32 Å². The van der Waals surface area contributed by atoms with E-state index in [0.717, 1.165) is 6.07 Å². The number of nitriles is 1. The van der Waals surface area contributed by atoms with E-state index in [4.69, 9.17) is 16.9 Å². The van der Waals surface area contributed by atoms with Gasteiger partial charge in [-0.25, -0.2) is 0 Å². The van der Waals surface area contributed by atoms with Gasteiger partial charge in [-0.15, -0.1) is 11.6 Å². The van der Waals surface area contributed by atoms with Gasteiger partial charge >= 0.3 is 0 Å². The Morgan fingerprint density at radius 2 is 2.21 bits per heavy atom. The summed E-state index contributed by atoms with van der Waals surface area (Å²) in [5.41, 5.74) is -0.0172. The standard InChI is InChI=1S/C12H12ClN3O3/c13-6-2-1-3-12(17)15-10-5-4-9(8-14)7-11(10)16(18)19/h4-5,7H,1-3,6H2,(H,15,17). The Kier molecular flexibility index (Phi) is 5.76. The molecule has 0 aliphatic heterocycles. The van der Waals surface area contributed by atoms with Gasteiger partial charge in [0.15, 0.2) is 0 Å². The number of nitro benzene ring substituents is 1. The van der Waals surface area contributed by atoms with Gasteiger partial charge in [0, 0.05) is 18.4 Å². The van der Waals surface area contributed by atoms with Crippen LogP contribution in [0.3, 0.4) is 0 Å². The summed E-state index contributed by atoms with van der Waals surface area (Å²) < 4.78 is 0. The van der Waals surface area contributed by atoms with Crippen LogP contribution in [0.15, 0.2) is 18.2 Å². The number of benzene rings is 1. The van der Waals surface area contributed by atoms with Crippen molar-refractivity contribution in [3.05, 3.63) is 33.9 Å². The van der Waals surface area contributed by atoms with Crippen LogP contribution in [0.25, 0.3) is 0 Å². The number of rotatable bonds is 6. The fraction of sp³-hybridized carbons (Fsp3) is 0.333. The third-order valence-corrected chi connectivity index (χ3v) is 2.65. The molecule has 0 bridgehead atoms. The number of halogens is 1. The van der Waals surface area contributed by atoms with Crippen molar-refractivity contribution in [2.45, 2.75) is 19.3 Å². The Labute approximate surface area is 115 Å². The molecule has 0 aromatic heterocycles. The number of nitrogens with zero attached hydrogens (tertiary/aromatic N) is 2. The highest BCUT2D eigenvalue weighted by Crippen LogP contribution is 2.25. The third kappa shape index (κ3) is 4.56. The Bertz CT molecular complexity index is 525. The van der Waals surface area contributed by atoms with E-state index >= 15 is 0 Å². The van der Waals surface area contributed by atoms with E-state index in [2.05, 4.69) is 5.32 Å². The number of carbonyl (C=O) groups excluding carboxylic acids is 1. The number of anilines is 1. The van der Waals surface area contributed by atoms with Crippen molar-refractivity contribution in [3.8, 4) is 6.07 Å². The molecule has 1 rings (SSSR count). The monoisotopic (exact) mass is 281 g/mol. The zero-order valence-electron chi connectivity index (χ0n) is 10.1. The second kappa shape index (κ2) is 7.34. The number of carbonyl (C=O) groups is 1. The highest BCUT2D eigenvalue weighted by Gasteiger charge is 2.16. The van der Waals surface area contributed by atoms with E-state index in [1.165, 1.54) is 12.1 Å². The highest BCUT2D eigenvalue weighted by molar-refractivity contribution is 6.17. The summed E-state index contributed by atoms with van der Waals surface area (Å²) in [6.45, 7) is 0. The number of nitro groups is 1. The zero-order chi connectivity index (χ0) is 14.3. The van der Waals surface area contributed by atoms with Crippen molar-refractivity contribution in [1.29, 1.82) is 5.26 Å². The summed E-state index contributed by atoms with van der Waals surface area (Å²) in [4.78, 5) is 21.8. The lowest BCUT2D eigenvalue weighted by atomic mass is 10.1. The fourth-order valence-electron chi connectivity index (χ4n) is 1.45. The normalized spacial score (nSPS) is 9.68. The van der Waals surface area contributed by atoms with Gasteiger partial charge in [0.1, 0.15) is 5.69 Å². The molecule has 0 heterocycles. The van der Waals surface area contributed by atoms with E-state index in [1.54, 1.807) is 0 Å². The maximum Gasteiger partial charge on any atom is 0.294 e. The second-order valence-electron chi connectivity index (χ2n) is 3.80. The lowest BCUT2D eigenvalue weighted by Crippen LogP contribution is -2.12. The van der Waals surface area contributed by atoms with Gasteiger partial charge in [-0.1, -0.05) is 0 Å². The summed E-state index contributed by atoms with van der Waals surface area (Å²) in [5.74, 6) is 0.169. The van der Waals surface area contributed by atoms with Crippen LogP contribution in [0.2, 0.25) is 0 Å². The number of amides is 1. The SMILES string of the molecule is N#Cc1ccc(NC(=O)CCCCCl)c([N+](=O)[O-])c1. The predicted octanol–water partition coefficient (Wildman–Crippen LogP) is 2.81. The minimum Gasteiger partial charge on any atom is -0.320 e. The number of nitrogens with one attached hydrogen (secondary N) is 1. The van der Waals surface area contributed by atoms with Crippen LogP contribution in [0.4, 0.5) is 11.4 Å². The molecule has 1 aromatic rings. The molecule has 100 valence electrons. The van der Waals surface area contributed by atoms with Crippen LogP contribution >= 0.6 is 11.6 Å². The molecule has 0 saturated heterocycles. The van der Waals surface area contributed by atoms with E-state index in [0.29, 0.717) is 18.7 Å². The smallest absolute Gasteiger partial charge is 0.294 e. The van der Waals surface area contributed by atoms with Crippen LogP contribution in [0.1, 0.15) is 24.8 Å². The molecule has 0 aliphatic rings. The van der Waals surface area contributed by atoms with Gasteiger partial charge in [0.05, 0.1) is 16.6 Å². The largest absolute Gasteiger partial charge is 0.320 e. The number of hydrogen-bond acceptors (Lipinski definition) is 4. The molecular weight excluding hydrogens is 270 g/mol. The van der Waals surface area contributed by atoms with Gasteiger partial charge in [-0.05, 0) is 25.0 Å². The molecule has 0 aliphatic carbocycles. The van der Waals surface area contributed by atoms with Crippen molar-refractivity contribution in [2.24, 2.45) is 0 Å². The summed E-state index contributed by atoms with van der Waals surface area (Å²) in [5, 5.41) is 22.0. The molecule has 0 atom stereocenters. The summed E-state index contributed by atoms with van der Waals surface area (Å²) >= 11 is 5.49. The van der Waals surface area contributed by atoms with E-state index in [-0.39, 0.29) is 29.3 Å². The number of alkyl halides is 1. The molecule has 0 fully saturated rings. The Morgan fingerprint density at radius 1 is 1.47 bits per heavy atom. The summed E-state index contributed by atoms with van der Waals surface area (Å²) in [6.07, 6.45) is 1.59. The van der Waals surface area contributed by atoms with Crippen LogP contribution in [0, 0.1) is 21.4 Å². The molecule has 1 amide bonds. The maximum absolute atomic E-state index is 11.6. The molecule has 0 spiro atoms. The van der Waals surface area contributed by atoms with E-state index in [9.17, 15) is 14.9 Å². The molecule has 0 radical (unpaired) electrons. The van der Waals surface area contributed by atoms with E-state index in [1.807, 2.05) is 6.07 Å². The van der Waals surface area contributed by atoms with Crippen LogP contribution in [-0.4, -0.2) is 16.7 Å². The molecular formula is C12H12ClN3O3. The van der Waals surface area contributed by atoms with Crippen LogP contribution < -0.4 is 5.32 Å². The Balaban J connectivity index is 2.80. The van der Waals surface area contributed by atoms with Gasteiger partial charge in [0.2, 0.25) is 5.91 Å². The zero-order valence-corrected chi connectivity index (χ0v) is 10.8. The molecule has 7 heteroatoms. The molecule has 6 nitrogen and oxygen atoms in total. The fourth-order valence-corrected chi connectivity index (χ4v) is 1.64. The molecule has 1 N–H and O–H groups in total. The first kappa shape index (κ1) is 14.9. The van der Waals surface area contributed by atoms with Crippen molar-refractivity contribution in [1.82, 2.24) is 0 Å². The summed E-state index contributed by atoms with van der Waals surface area (Å²) in [6, 6.07) is 5.72. The average Bonchev–Trinajstić information content (AvgIpc) is 2.39. The topological polar surface area (TPSA) is 96.0 Å². The minimum absolute atomic E-state index is 0.0971. The first-order valence-electron chi connectivity index (χ1n) is 5.63. The minimum atomic E-state index is -0.630. The van der Waals surface area contributed by atoms with Gasteiger partial charge in [0.25, 0.3) is 5.69 Å². The first-order chi connectivity index (χ1) is 9.08. The molecule has 19 heavy (non-hydrogen) atoms. The quantitative estimate of drug-likeness (QED) is 0.375. The molecule has 1 aromatic carbocycles. The third-order valence-electron chi connectivity index (χ3n) is 2.39. The van der Waals surface area contributed by atoms with Gasteiger partial charge in [-0.2, -0.15) is 5.26 Å². The predicted molar refractivity (Wildman–Crippen MR) is 71.0 cm³/mol. The second-order valence-corrected chi connectivity index (χ2v) is 4.17. The number of hydrogen-bond donors (Lipinski definition) is 1. The van der Waals surface area contributed by atoms with Gasteiger partial charge in [-0.3, -0.25) is 14.9 Å². The van der Waals surface area contributed by atoms with Crippen molar-refractivity contribution >= 4 is 28.9 Å². The van der Waals surface area contributed by atoms with Crippen LogP contribution in [0.5, 0.6) is 0 Å². The first-order valence-corrected chi connectivity index (χ1v) is 6.16. The lowest BCUT2D eigenvalue weighted by Gasteiger charge is -2.05. The highest BCUT2D eigenvalue weighted by atomic mass is 35.5. The van der Waals surface area contributed by atoms with E-state index < -0.39 is 4.92 Å². The van der Waals surface area contributed by atoms with Crippen molar-refractivity contribution in [3.63, 3.8) is 0 Å². The molecule has 0 saturated carbocycles. The lowest BCUT2D eigenvalue weighted by molar-refractivity contribution is -0.383. The maximum atomic E-state index is 11.6. The summed E-state index contributed by atoms with van der Waals surface area (Å²) in [7, 11) is 0. The van der Waals surface area contributed by atoms with Crippen molar-refractivity contribution in [2.75, 3.05) is 11.2 Å². The average molecular weight is 282 g/mol. The Morgan fingerprint density at radius 3 is 2.79 bits per heavy atom.